The summed E-state index contributed by atoms with van der Waals surface area (Å²) in [7, 11) is 3.25. The van der Waals surface area contributed by atoms with E-state index in [-0.39, 0.29) is 18.4 Å². The van der Waals surface area contributed by atoms with Crippen molar-refractivity contribution in [3.05, 3.63) is 0 Å². The zero-order valence-electron chi connectivity index (χ0n) is 9.71. The lowest BCUT2D eigenvalue weighted by Gasteiger charge is -2.15. The molecule has 0 rings (SSSR count). The Morgan fingerprint density at radius 1 is 1.40 bits per heavy atom. The van der Waals surface area contributed by atoms with Crippen LogP contribution in [0.1, 0.15) is 19.8 Å². The predicted octanol–water partition coefficient (Wildman–Crippen LogP) is 0.00750. The van der Waals surface area contributed by atoms with Gasteiger partial charge >= 0.3 is 0 Å². The van der Waals surface area contributed by atoms with Gasteiger partial charge in [0, 0.05) is 33.7 Å². The van der Waals surface area contributed by atoms with Crippen LogP contribution in [0.25, 0.3) is 0 Å². The van der Waals surface area contributed by atoms with Crippen molar-refractivity contribution >= 4 is 11.8 Å². The van der Waals surface area contributed by atoms with E-state index in [1.165, 1.54) is 4.90 Å². The average Bonchev–Trinajstić information content (AvgIpc) is 2.23. The molecule has 2 amide bonds. The van der Waals surface area contributed by atoms with Crippen molar-refractivity contribution in [2.45, 2.75) is 19.8 Å². The molecule has 1 N–H and O–H groups in total. The third-order valence-electron chi connectivity index (χ3n) is 1.96. The first kappa shape index (κ1) is 13.9. The number of carbonyl (C=O) groups is 2. The minimum atomic E-state index is -0.129. The number of nitrogens with one attached hydrogen (secondary N) is 1. The standard InChI is InChI=1S/C10H20N2O3/c1-4-10(14)12(2)8-9(13)11-6-5-7-15-3/h4-8H2,1-3H3,(H,11,13). The molecule has 0 saturated carbocycles. The number of rotatable bonds is 7. The Labute approximate surface area is 90.8 Å². The second-order valence-corrected chi connectivity index (χ2v) is 3.30. The largest absolute Gasteiger partial charge is 0.385 e. The van der Waals surface area contributed by atoms with Gasteiger partial charge in [0.2, 0.25) is 11.8 Å². The minimum Gasteiger partial charge on any atom is -0.385 e. The molecule has 0 unspecified atom stereocenters. The number of methoxy groups -OCH3 is 1. The Hall–Kier alpha value is -1.10. The summed E-state index contributed by atoms with van der Waals surface area (Å²) in [5.74, 6) is -0.155. The van der Waals surface area contributed by atoms with Crippen LogP contribution in [0.2, 0.25) is 0 Å². The van der Waals surface area contributed by atoms with Crippen LogP contribution in [-0.4, -0.2) is 50.6 Å². The summed E-state index contributed by atoms with van der Waals surface area (Å²) in [5.41, 5.74) is 0. The lowest BCUT2D eigenvalue weighted by atomic mass is 10.4. The van der Waals surface area contributed by atoms with Crippen molar-refractivity contribution in [3.8, 4) is 0 Å². The van der Waals surface area contributed by atoms with Gasteiger partial charge in [0.15, 0.2) is 0 Å². The van der Waals surface area contributed by atoms with Gasteiger partial charge < -0.3 is 15.0 Å². The van der Waals surface area contributed by atoms with E-state index in [9.17, 15) is 9.59 Å². The summed E-state index contributed by atoms with van der Waals surface area (Å²) in [6, 6.07) is 0. The van der Waals surface area contributed by atoms with Gasteiger partial charge in [-0.05, 0) is 6.42 Å². The van der Waals surface area contributed by atoms with Crippen LogP contribution in [-0.2, 0) is 14.3 Å². The van der Waals surface area contributed by atoms with E-state index in [0.29, 0.717) is 19.6 Å². The maximum atomic E-state index is 11.3. The number of amides is 2. The van der Waals surface area contributed by atoms with Gasteiger partial charge in [-0.2, -0.15) is 0 Å². The molecular weight excluding hydrogens is 196 g/mol. The number of carbonyl (C=O) groups excluding carboxylic acids is 2. The van der Waals surface area contributed by atoms with Gasteiger partial charge in [0.1, 0.15) is 0 Å². The highest BCUT2D eigenvalue weighted by atomic mass is 16.5. The maximum absolute atomic E-state index is 11.3. The Morgan fingerprint density at radius 2 is 2.07 bits per heavy atom. The van der Waals surface area contributed by atoms with E-state index in [1.807, 2.05) is 0 Å². The second kappa shape index (κ2) is 8.23. The third kappa shape index (κ3) is 6.90. The molecule has 0 saturated heterocycles. The Balaban J connectivity index is 3.60. The van der Waals surface area contributed by atoms with Crippen LogP contribution in [0.5, 0.6) is 0 Å². The lowest BCUT2D eigenvalue weighted by Crippen LogP contribution is -2.38. The second-order valence-electron chi connectivity index (χ2n) is 3.30. The lowest BCUT2D eigenvalue weighted by molar-refractivity contribution is -0.134. The van der Waals surface area contributed by atoms with E-state index < -0.39 is 0 Å². The van der Waals surface area contributed by atoms with Gasteiger partial charge in [-0.15, -0.1) is 0 Å². The molecule has 0 aromatic carbocycles. The normalized spacial score (nSPS) is 9.80. The molecule has 0 spiro atoms. The molecule has 0 fully saturated rings. The molecule has 88 valence electrons. The molecule has 0 aromatic rings. The van der Waals surface area contributed by atoms with Crippen LogP contribution < -0.4 is 5.32 Å². The fourth-order valence-electron chi connectivity index (χ4n) is 1.07. The first-order valence-electron chi connectivity index (χ1n) is 5.11. The van der Waals surface area contributed by atoms with Crippen LogP contribution >= 0.6 is 0 Å². The predicted molar refractivity (Wildman–Crippen MR) is 57.4 cm³/mol. The Morgan fingerprint density at radius 3 is 2.60 bits per heavy atom. The Bertz CT molecular complexity index is 207. The molecule has 5 nitrogen and oxygen atoms in total. The highest BCUT2D eigenvalue weighted by Gasteiger charge is 2.09. The third-order valence-corrected chi connectivity index (χ3v) is 1.96. The monoisotopic (exact) mass is 216 g/mol. The SMILES string of the molecule is CCC(=O)N(C)CC(=O)NCCCOC. The molecular formula is C10H20N2O3. The number of nitrogens with zero attached hydrogens (tertiary/aromatic N) is 1. The van der Waals surface area contributed by atoms with Crippen molar-refractivity contribution in [2.75, 3.05) is 33.9 Å². The zero-order valence-corrected chi connectivity index (χ0v) is 9.71. The summed E-state index contributed by atoms with van der Waals surface area (Å²) in [6.45, 7) is 3.11. The van der Waals surface area contributed by atoms with E-state index in [1.54, 1.807) is 21.1 Å². The van der Waals surface area contributed by atoms with Crippen molar-refractivity contribution < 1.29 is 14.3 Å². The molecule has 0 radical (unpaired) electrons. The van der Waals surface area contributed by atoms with Crippen LogP contribution in [0.15, 0.2) is 0 Å². The summed E-state index contributed by atoms with van der Waals surface area (Å²) < 4.78 is 4.84. The van der Waals surface area contributed by atoms with Crippen LogP contribution in [0.3, 0.4) is 0 Å². The van der Waals surface area contributed by atoms with Crippen molar-refractivity contribution in [1.82, 2.24) is 10.2 Å². The number of ether oxygens (including phenoxy) is 1. The van der Waals surface area contributed by atoms with Crippen LogP contribution in [0, 0.1) is 0 Å². The number of likely N-dealkylation sites (N-methyl/N-ethyl adjacent to an activating group) is 1. The van der Waals surface area contributed by atoms with Gasteiger partial charge in [-0.25, -0.2) is 0 Å². The molecule has 0 aliphatic carbocycles. The van der Waals surface area contributed by atoms with Gasteiger partial charge in [0.05, 0.1) is 6.54 Å². The molecule has 0 aliphatic heterocycles. The van der Waals surface area contributed by atoms with Crippen molar-refractivity contribution in [3.63, 3.8) is 0 Å². The van der Waals surface area contributed by atoms with Crippen molar-refractivity contribution in [1.29, 1.82) is 0 Å². The highest BCUT2D eigenvalue weighted by molar-refractivity contribution is 5.84. The summed E-state index contributed by atoms with van der Waals surface area (Å²) in [4.78, 5) is 23.9. The summed E-state index contributed by atoms with van der Waals surface area (Å²) in [5, 5.41) is 2.71. The fraction of sp³-hybridized carbons (Fsp3) is 0.800. The zero-order chi connectivity index (χ0) is 11.7. The minimum absolute atomic E-state index is 0.0259. The van der Waals surface area contributed by atoms with E-state index in [2.05, 4.69) is 5.32 Å². The number of hydrogen-bond donors (Lipinski definition) is 1. The molecule has 0 aliphatic rings. The average molecular weight is 216 g/mol. The quantitative estimate of drug-likeness (QED) is 0.610. The summed E-state index contributed by atoms with van der Waals surface area (Å²) >= 11 is 0. The van der Waals surface area contributed by atoms with Crippen LogP contribution in [0.4, 0.5) is 0 Å². The molecule has 0 aromatic heterocycles. The fourth-order valence-corrected chi connectivity index (χ4v) is 1.07. The molecule has 0 heterocycles. The maximum Gasteiger partial charge on any atom is 0.239 e. The molecule has 0 bridgehead atoms. The topological polar surface area (TPSA) is 58.6 Å². The smallest absolute Gasteiger partial charge is 0.239 e. The van der Waals surface area contributed by atoms with Gasteiger partial charge in [-0.3, -0.25) is 9.59 Å². The first-order valence-corrected chi connectivity index (χ1v) is 5.11. The van der Waals surface area contributed by atoms with E-state index in [0.717, 1.165) is 6.42 Å². The van der Waals surface area contributed by atoms with E-state index >= 15 is 0 Å². The van der Waals surface area contributed by atoms with Gasteiger partial charge in [0.25, 0.3) is 0 Å². The number of hydrogen-bond acceptors (Lipinski definition) is 3. The summed E-state index contributed by atoms with van der Waals surface area (Å²) in [6.07, 6.45) is 1.21. The highest BCUT2D eigenvalue weighted by Crippen LogP contribution is 1.89. The molecule has 5 heteroatoms. The molecule has 15 heavy (non-hydrogen) atoms. The van der Waals surface area contributed by atoms with Gasteiger partial charge in [-0.1, -0.05) is 6.92 Å². The first-order chi connectivity index (χ1) is 7.11. The van der Waals surface area contributed by atoms with E-state index in [4.69, 9.17) is 4.74 Å². The molecule has 0 atom stereocenters. The Kier molecular flexibility index (Phi) is 7.62. The van der Waals surface area contributed by atoms with Crippen molar-refractivity contribution in [2.24, 2.45) is 0 Å².